The Labute approximate surface area is 163 Å². The van der Waals surface area contributed by atoms with Gasteiger partial charge in [-0.3, -0.25) is 9.69 Å². The maximum Gasteiger partial charge on any atom is 0.298 e. The maximum atomic E-state index is 13.3. The number of hydrogen-bond donors (Lipinski definition) is 0. The van der Waals surface area contributed by atoms with Crippen LogP contribution in [-0.4, -0.2) is 57.7 Å². The molecular weight excluding hydrogens is 416 g/mol. The minimum atomic E-state index is -0.134. The standard InChI is InChI=1S/C17H19BrN6OS/c1-22(2)8-9-24(16(25)15-21-20-14-4-3-7-23(14)15)17-19-12-6-5-11(18)10-13(12)26-17/h5-6,10H,3-4,7-9H2,1-2H3. The summed E-state index contributed by atoms with van der Waals surface area (Å²) in [7, 11) is 3.99. The molecule has 0 unspecified atom stereocenters. The maximum absolute atomic E-state index is 13.3. The van der Waals surface area contributed by atoms with Crippen LogP contribution in [0.5, 0.6) is 0 Å². The fourth-order valence-corrected chi connectivity index (χ4v) is 4.56. The first kappa shape index (κ1) is 17.6. The van der Waals surface area contributed by atoms with Crippen molar-refractivity contribution in [2.75, 3.05) is 32.1 Å². The molecule has 0 saturated carbocycles. The van der Waals surface area contributed by atoms with Crippen molar-refractivity contribution in [3.05, 3.63) is 34.3 Å². The van der Waals surface area contributed by atoms with E-state index in [9.17, 15) is 4.79 Å². The van der Waals surface area contributed by atoms with E-state index in [0.29, 0.717) is 17.5 Å². The normalized spacial score (nSPS) is 13.5. The van der Waals surface area contributed by atoms with Crippen molar-refractivity contribution in [1.82, 2.24) is 24.6 Å². The van der Waals surface area contributed by atoms with Gasteiger partial charge in [0, 0.05) is 30.5 Å². The number of hydrogen-bond acceptors (Lipinski definition) is 6. The third kappa shape index (κ3) is 3.26. The number of carbonyl (C=O) groups excluding carboxylic acids is 1. The summed E-state index contributed by atoms with van der Waals surface area (Å²) in [5.74, 6) is 1.18. The van der Waals surface area contributed by atoms with E-state index in [4.69, 9.17) is 0 Å². The van der Waals surface area contributed by atoms with Crippen LogP contribution < -0.4 is 4.90 Å². The number of rotatable bonds is 5. The van der Waals surface area contributed by atoms with Gasteiger partial charge in [-0.25, -0.2) is 4.98 Å². The number of anilines is 1. The molecule has 7 nitrogen and oxygen atoms in total. The second-order valence-electron chi connectivity index (χ2n) is 6.56. The van der Waals surface area contributed by atoms with Gasteiger partial charge in [-0.2, -0.15) is 0 Å². The summed E-state index contributed by atoms with van der Waals surface area (Å²) >= 11 is 5.01. The third-order valence-electron chi connectivity index (χ3n) is 4.39. The van der Waals surface area contributed by atoms with Crippen LogP contribution in [0.15, 0.2) is 22.7 Å². The Kier molecular flexibility index (Phi) is 4.76. The molecule has 0 N–H and O–H groups in total. The van der Waals surface area contributed by atoms with E-state index >= 15 is 0 Å². The van der Waals surface area contributed by atoms with Crippen molar-refractivity contribution in [2.45, 2.75) is 19.4 Å². The van der Waals surface area contributed by atoms with Crippen molar-refractivity contribution in [2.24, 2.45) is 0 Å². The minimum absolute atomic E-state index is 0.134. The lowest BCUT2D eigenvalue weighted by Crippen LogP contribution is -2.38. The molecule has 0 spiro atoms. The van der Waals surface area contributed by atoms with Crippen LogP contribution in [0.25, 0.3) is 10.2 Å². The highest BCUT2D eigenvalue weighted by molar-refractivity contribution is 9.10. The highest BCUT2D eigenvalue weighted by Gasteiger charge is 2.28. The number of likely N-dealkylation sites (N-methyl/N-ethyl adjacent to an activating group) is 1. The molecule has 1 aliphatic rings. The van der Waals surface area contributed by atoms with Gasteiger partial charge in [0.2, 0.25) is 5.82 Å². The topological polar surface area (TPSA) is 67.2 Å². The second kappa shape index (κ2) is 7.05. The van der Waals surface area contributed by atoms with Crippen LogP contribution in [-0.2, 0) is 13.0 Å². The third-order valence-corrected chi connectivity index (χ3v) is 5.92. The fraction of sp³-hybridized carbons (Fsp3) is 0.412. The summed E-state index contributed by atoms with van der Waals surface area (Å²) in [5.41, 5.74) is 0.891. The van der Waals surface area contributed by atoms with Crippen molar-refractivity contribution in [1.29, 1.82) is 0 Å². The zero-order valence-electron chi connectivity index (χ0n) is 14.6. The molecule has 0 saturated heterocycles. The van der Waals surface area contributed by atoms with Crippen LogP contribution in [0.4, 0.5) is 5.13 Å². The van der Waals surface area contributed by atoms with Crippen LogP contribution in [0.3, 0.4) is 0 Å². The molecule has 3 heterocycles. The van der Waals surface area contributed by atoms with Gasteiger partial charge in [0.05, 0.1) is 10.2 Å². The smallest absolute Gasteiger partial charge is 0.298 e. The first-order valence-corrected chi connectivity index (χ1v) is 10.1. The predicted octanol–water partition coefficient (Wildman–Crippen LogP) is 2.80. The van der Waals surface area contributed by atoms with Gasteiger partial charge in [-0.05, 0) is 38.7 Å². The zero-order chi connectivity index (χ0) is 18.3. The average Bonchev–Trinajstić information content (AvgIpc) is 3.28. The van der Waals surface area contributed by atoms with E-state index in [1.165, 1.54) is 11.3 Å². The van der Waals surface area contributed by atoms with E-state index < -0.39 is 0 Å². The quantitative estimate of drug-likeness (QED) is 0.617. The largest absolute Gasteiger partial charge is 0.308 e. The molecule has 1 aromatic carbocycles. The molecule has 136 valence electrons. The number of aromatic nitrogens is 4. The number of halogens is 1. The molecule has 0 atom stereocenters. The molecule has 4 rings (SSSR count). The number of benzene rings is 1. The fourth-order valence-electron chi connectivity index (χ4n) is 3.02. The monoisotopic (exact) mass is 434 g/mol. The van der Waals surface area contributed by atoms with Gasteiger partial charge in [0.1, 0.15) is 5.82 Å². The zero-order valence-corrected chi connectivity index (χ0v) is 17.0. The SMILES string of the molecule is CN(C)CCN(C(=O)c1nnc2n1CCC2)c1nc2ccc(Br)cc2s1. The van der Waals surface area contributed by atoms with Crippen molar-refractivity contribution in [3.8, 4) is 0 Å². The highest BCUT2D eigenvalue weighted by atomic mass is 79.9. The van der Waals surface area contributed by atoms with Crippen LogP contribution in [0.2, 0.25) is 0 Å². The van der Waals surface area contributed by atoms with E-state index in [-0.39, 0.29) is 5.91 Å². The van der Waals surface area contributed by atoms with Gasteiger partial charge in [0.15, 0.2) is 5.13 Å². The number of aryl methyl sites for hydroxylation is 1. The molecule has 0 bridgehead atoms. The highest BCUT2D eigenvalue weighted by Crippen LogP contribution is 2.31. The Hall–Kier alpha value is -1.84. The van der Waals surface area contributed by atoms with Crippen molar-refractivity contribution >= 4 is 48.5 Å². The number of amides is 1. The summed E-state index contributed by atoms with van der Waals surface area (Å²) in [4.78, 5) is 21.7. The molecule has 9 heteroatoms. The molecular formula is C17H19BrN6OS. The summed E-state index contributed by atoms with van der Waals surface area (Å²) in [5, 5.41) is 9.03. The second-order valence-corrected chi connectivity index (χ2v) is 8.49. The lowest BCUT2D eigenvalue weighted by Gasteiger charge is -2.21. The molecule has 26 heavy (non-hydrogen) atoms. The van der Waals surface area contributed by atoms with E-state index in [0.717, 1.165) is 46.4 Å². The average molecular weight is 435 g/mol. The summed E-state index contributed by atoms with van der Waals surface area (Å²) in [6.07, 6.45) is 1.89. The lowest BCUT2D eigenvalue weighted by molar-refractivity contribution is 0.0971. The number of carbonyl (C=O) groups is 1. The van der Waals surface area contributed by atoms with Crippen molar-refractivity contribution in [3.63, 3.8) is 0 Å². The molecule has 0 radical (unpaired) electrons. The summed E-state index contributed by atoms with van der Waals surface area (Å²) in [6, 6.07) is 5.95. The Balaban J connectivity index is 1.71. The molecule has 1 aliphatic heterocycles. The molecule has 3 aromatic rings. The molecule has 0 fully saturated rings. The van der Waals surface area contributed by atoms with E-state index in [2.05, 4.69) is 36.0 Å². The van der Waals surface area contributed by atoms with Gasteiger partial charge < -0.3 is 9.47 Å². The van der Waals surface area contributed by atoms with Gasteiger partial charge in [-0.15, -0.1) is 10.2 Å². The Morgan fingerprint density at radius 3 is 2.96 bits per heavy atom. The Bertz CT molecular complexity index is 965. The first-order valence-electron chi connectivity index (χ1n) is 8.47. The summed E-state index contributed by atoms with van der Waals surface area (Å²) in [6.45, 7) is 2.10. The first-order chi connectivity index (χ1) is 12.5. The molecule has 1 amide bonds. The van der Waals surface area contributed by atoms with Crippen LogP contribution in [0.1, 0.15) is 22.9 Å². The summed E-state index contributed by atoms with van der Waals surface area (Å²) < 4.78 is 3.99. The van der Waals surface area contributed by atoms with E-state index in [1.54, 1.807) is 4.90 Å². The van der Waals surface area contributed by atoms with Crippen LogP contribution >= 0.6 is 27.3 Å². The van der Waals surface area contributed by atoms with Gasteiger partial charge in [0.25, 0.3) is 5.91 Å². The molecule has 0 aliphatic carbocycles. The van der Waals surface area contributed by atoms with E-state index in [1.807, 2.05) is 36.9 Å². The number of thiazole rings is 1. The van der Waals surface area contributed by atoms with Crippen molar-refractivity contribution < 1.29 is 4.79 Å². The Morgan fingerprint density at radius 2 is 2.15 bits per heavy atom. The number of nitrogens with zero attached hydrogens (tertiary/aromatic N) is 6. The Morgan fingerprint density at radius 1 is 1.31 bits per heavy atom. The number of fused-ring (bicyclic) bond motifs is 2. The molecule has 2 aromatic heterocycles. The van der Waals surface area contributed by atoms with Gasteiger partial charge in [-0.1, -0.05) is 27.3 Å². The lowest BCUT2D eigenvalue weighted by atomic mass is 10.3. The predicted molar refractivity (Wildman–Crippen MR) is 106 cm³/mol. The minimum Gasteiger partial charge on any atom is -0.308 e. The van der Waals surface area contributed by atoms with Crippen LogP contribution in [0, 0.1) is 0 Å². The van der Waals surface area contributed by atoms with Gasteiger partial charge >= 0.3 is 0 Å².